The van der Waals surface area contributed by atoms with Crippen LogP contribution in [0.5, 0.6) is 0 Å². The smallest absolute Gasteiger partial charge is 0.406 e. The van der Waals surface area contributed by atoms with Crippen LogP contribution in [-0.2, 0) is 16.7 Å². The predicted molar refractivity (Wildman–Crippen MR) is 171 cm³/mol. The Morgan fingerprint density at radius 1 is 0.860 bits per heavy atom. The Hall–Kier alpha value is -5.43. The minimum absolute atomic E-state index is 0.391. The van der Waals surface area contributed by atoms with Gasteiger partial charge in [-0.25, -0.2) is 9.48 Å². The van der Waals surface area contributed by atoms with E-state index in [1.807, 2.05) is 43.5 Å². The molecule has 7 nitrogen and oxygen atoms in total. The Bertz CT molecular complexity index is 1770. The molecule has 43 heavy (non-hydrogen) atoms. The number of aromatic nitrogens is 3. The number of alkyl carbamates (subject to hydrolysis) is 1. The van der Waals surface area contributed by atoms with Crippen LogP contribution in [0.15, 0.2) is 121 Å². The van der Waals surface area contributed by atoms with Gasteiger partial charge in [0.25, 0.3) is 0 Å². The van der Waals surface area contributed by atoms with Gasteiger partial charge in [0.2, 0.25) is 0 Å². The van der Waals surface area contributed by atoms with Gasteiger partial charge in [0.15, 0.2) is 0 Å². The molecule has 0 aliphatic heterocycles. The number of pyridine rings is 1. The number of ether oxygens (including phenoxy) is 1. The molecule has 0 atom stereocenters. The fourth-order valence-electron chi connectivity index (χ4n) is 5.88. The molecule has 6 rings (SSSR count). The van der Waals surface area contributed by atoms with Gasteiger partial charge >= 0.3 is 6.09 Å². The molecule has 3 N–H and O–H groups in total. The third-order valence-electron chi connectivity index (χ3n) is 7.85. The van der Waals surface area contributed by atoms with Gasteiger partial charge in [0.05, 0.1) is 12.6 Å². The average molecular weight is 568 g/mol. The minimum Gasteiger partial charge on any atom is -0.453 e. The van der Waals surface area contributed by atoms with Crippen molar-refractivity contribution >= 4 is 22.7 Å². The first-order valence-electron chi connectivity index (χ1n) is 14.3. The van der Waals surface area contributed by atoms with Crippen LogP contribution in [-0.4, -0.2) is 34.5 Å². The number of rotatable bonds is 8. The number of carbonyl (C=O) groups excluding carboxylic acids is 1. The molecule has 0 spiro atoms. The number of anilines is 1. The molecule has 0 bridgehead atoms. The molecule has 7 heteroatoms. The Kier molecular flexibility index (Phi) is 7.62. The van der Waals surface area contributed by atoms with Crippen molar-refractivity contribution in [3.05, 3.63) is 149 Å². The van der Waals surface area contributed by atoms with E-state index in [9.17, 15) is 4.79 Å². The molecule has 0 unspecified atom stereocenters. The standard InChI is InChI=1S/C36H33N5O2/c1-25-22-27(19-20-38-25)34-31-23-26(18-21-39-35(42)43-2)32(37)24-33(31)41(40-34)36(28-12-6-3-7-13-28,29-14-8-4-9-15-29)30-16-10-5-11-17-30/h3-17,19-20,22-24H,18,21,37H2,1-2H3,(H,39,42). The molecule has 0 aliphatic carbocycles. The summed E-state index contributed by atoms with van der Waals surface area (Å²) in [5.41, 5.74) is 14.3. The second-order valence-electron chi connectivity index (χ2n) is 10.5. The molecule has 1 amide bonds. The van der Waals surface area contributed by atoms with Crippen LogP contribution in [0.3, 0.4) is 0 Å². The van der Waals surface area contributed by atoms with Crippen molar-refractivity contribution in [1.29, 1.82) is 0 Å². The van der Waals surface area contributed by atoms with Crippen LogP contribution in [0.1, 0.15) is 27.9 Å². The Morgan fingerprint density at radius 2 is 1.44 bits per heavy atom. The Balaban J connectivity index is 1.69. The molecule has 2 heterocycles. The van der Waals surface area contributed by atoms with Gasteiger partial charge in [-0.05, 0) is 59.9 Å². The summed E-state index contributed by atoms with van der Waals surface area (Å²) in [7, 11) is 1.35. The molecule has 2 aromatic heterocycles. The summed E-state index contributed by atoms with van der Waals surface area (Å²) in [6.07, 6.45) is 1.88. The zero-order chi connectivity index (χ0) is 29.8. The maximum absolute atomic E-state index is 11.7. The van der Waals surface area contributed by atoms with Crippen LogP contribution >= 0.6 is 0 Å². The monoisotopic (exact) mass is 567 g/mol. The van der Waals surface area contributed by atoms with Crippen LogP contribution in [0.2, 0.25) is 0 Å². The highest BCUT2D eigenvalue weighted by Crippen LogP contribution is 2.44. The first-order chi connectivity index (χ1) is 21.0. The summed E-state index contributed by atoms with van der Waals surface area (Å²) < 4.78 is 6.87. The largest absolute Gasteiger partial charge is 0.453 e. The van der Waals surface area contributed by atoms with Gasteiger partial charge in [0, 0.05) is 35.1 Å². The average Bonchev–Trinajstić information content (AvgIpc) is 3.41. The van der Waals surface area contributed by atoms with Gasteiger partial charge in [-0.2, -0.15) is 5.10 Å². The lowest BCUT2D eigenvalue weighted by atomic mass is 9.77. The molecule has 0 saturated carbocycles. The number of fused-ring (bicyclic) bond motifs is 1. The Labute approximate surface area is 251 Å². The zero-order valence-electron chi connectivity index (χ0n) is 24.2. The van der Waals surface area contributed by atoms with Crippen LogP contribution in [0.25, 0.3) is 22.2 Å². The van der Waals surface area contributed by atoms with Crippen molar-refractivity contribution < 1.29 is 9.53 Å². The summed E-state index contributed by atoms with van der Waals surface area (Å²) in [6, 6.07) is 39.6. The van der Waals surface area contributed by atoms with E-state index in [1.165, 1.54) is 7.11 Å². The highest BCUT2D eigenvalue weighted by Gasteiger charge is 2.41. The lowest BCUT2D eigenvalue weighted by molar-refractivity contribution is 0.171. The molecule has 6 aromatic rings. The van der Waals surface area contributed by atoms with E-state index in [1.54, 1.807) is 0 Å². The van der Waals surface area contributed by atoms with Crippen molar-refractivity contribution in [3.63, 3.8) is 0 Å². The maximum Gasteiger partial charge on any atom is 0.406 e. The quantitative estimate of drug-likeness (QED) is 0.157. The first kappa shape index (κ1) is 27.7. The van der Waals surface area contributed by atoms with Crippen molar-refractivity contribution in [3.8, 4) is 11.3 Å². The fraction of sp³-hybridized carbons (Fsp3) is 0.139. The zero-order valence-corrected chi connectivity index (χ0v) is 24.2. The molecular formula is C36H33N5O2. The molecule has 0 saturated heterocycles. The minimum atomic E-state index is -0.817. The molecule has 0 radical (unpaired) electrons. The van der Waals surface area contributed by atoms with Gasteiger partial charge in [-0.1, -0.05) is 91.0 Å². The number of benzene rings is 4. The fourth-order valence-corrected chi connectivity index (χ4v) is 5.88. The molecule has 0 fully saturated rings. The topological polar surface area (TPSA) is 95.1 Å². The number of methoxy groups -OCH3 is 1. The van der Waals surface area contributed by atoms with Gasteiger partial charge < -0.3 is 15.8 Å². The van der Waals surface area contributed by atoms with Gasteiger partial charge in [0.1, 0.15) is 11.2 Å². The van der Waals surface area contributed by atoms with E-state index in [2.05, 4.69) is 99.9 Å². The number of nitrogens with zero attached hydrogens (tertiary/aromatic N) is 3. The second kappa shape index (κ2) is 11.8. The molecule has 214 valence electrons. The van der Waals surface area contributed by atoms with Gasteiger partial charge in [-0.15, -0.1) is 0 Å². The number of hydrogen-bond acceptors (Lipinski definition) is 5. The van der Waals surface area contributed by atoms with E-state index in [0.717, 1.165) is 50.1 Å². The van der Waals surface area contributed by atoms with Crippen molar-refractivity contribution in [2.75, 3.05) is 19.4 Å². The lowest BCUT2D eigenvalue weighted by Crippen LogP contribution is -2.38. The molecule has 0 aliphatic rings. The number of nitrogens with one attached hydrogen (secondary N) is 1. The van der Waals surface area contributed by atoms with E-state index in [-0.39, 0.29) is 0 Å². The summed E-state index contributed by atoms with van der Waals surface area (Å²) >= 11 is 0. The third kappa shape index (κ3) is 5.10. The van der Waals surface area contributed by atoms with Crippen LogP contribution < -0.4 is 11.1 Å². The van der Waals surface area contributed by atoms with Gasteiger partial charge in [-0.3, -0.25) is 4.98 Å². The van der Waals surface area contributed by atoms with Crippen LogP contribution in [0.4, 0.5) is 10.5 Å². The SMILES string of the molecule is COC(=O)NCCc1cc2c(-c3ccnc(C)c3)nn(C(c3ccccc3)(c3ccccc3)c3ccccc3)c2cc1N. The van der Waals surface area contributed by atoms with Crippen molar-refractivity contribution in [2.45, 2.75) is 18.9 Å². The number of hydrogen-bond donors (Lipinski definition) is 2. The third-order valence-corrected chi connectivity index (χ3v) is 7.85. The summed E-state index contributed by atoms with van der Waals surface area (Å²) in [5.74, 6) is 0. The summed E-state index contributed by atoms with van der Waals surface area (Å²) in [6.45, 7) is 2.37. The lowest BCUT2D eigenvalue weighted by Gasteiger charge is -2.37. The van der Waals surface area contributed by atoms with E-state index in [0.29, 0.717) is 18.7 Å². The highest BCUT2D eigenvalue weighted by atomic mass is 16.5. The molecule has 4 aromatic carbocycles. The first-order valence-corrected chi connectivity index (χ1v) is 14.3. The summed E-state index contributed by atoms with van der Waals surface area (Å²) in [5, 5.41) is 9.17. The molecular weight excluding hydrogens is 534 g/mol. The predicted octanol–water partition coefficient (Wildman–Crippen LogP) is 6.73. The van der Waals surface area contributed by atoms with E-state index < -0.39 is 11.6 Å². The normalized spacial score (nSPS) is 11.4. The summed E-state index contributed by atoms with van der Waals surface area (Å²) in [4.78, 5) is 16.1. The number of nitrogen functional groups attached to an aromatic ring is 1. The van der Waals surface area contributed by atoms with E-state index >= 15 is 0 Å². The number of carbonyl (C=O) groups is 1. The second-order valence-corrected chi connectivity index (χ2v) is 10.5. The number of amides is 1. The van der Waals surface area contributed by atoms with Crippen LogP contribution in [0, 0.1) is 6.92 Å². The maximum atomic E-state index is 11.7. The van der Waals surface area contributed by atoms with Crippen molar-refractivity contribution in [1.82, 2.24) is 20.1 Å². The highest BCUT2D eigenvalue weighted by molar-refractivity contribution is 5.96. The number of aryl methyl sites for hydroxylation is 1. The van der Waals surface area contributed by atoms with Crippen molar-refractivity contribution in [2.24, 2.45) is 0 Å². The number of nitrogens with two attached hydrogens (primary N) is 1. The van der Waals surface area contributed by atoms with E-state index in [4.69, 9.17) is 15.6 Å². The Morgan fingerprint density at radius 3 is 1.98 bits per heavy atom.